The van der Waals surface area contributed by atoms with Gasteiger partial charge in [-0.3, -0.25) is 0 Å². The molecule has 42 heavy (non-hydrogen) atoms. The Labute approximate surface area is 256 Å². The molecule has 0 saturated carbocycles. The van der Waals surface area contributed by atoms with Crippen molar-refractivity contribution in [3.8, 4) is 0 Å². The molecule has 0 aliphatic rings. The van der Waals surface area contributed by atoms with Crippen molar-refractivity contribution in [2.45, 2.75) is 53.1 Å². The molecule has 0 N–H and O–H groups in total. The molecular weight excluding hydrogens is 527 g/mol. The van der Waals surface area contributed by atoms with Gasteiger partial charge in [-0.1, -0.05) is 126 Å². The molecule has 0 aliphatic carbocycles. The Hall–Kier alpha value is -3.51. The fourth-order valence-corrected chi connectivity index (χ4v) is 9.19. The van der Waals surface area contributed by atoms with Gasteiger partial charge in [0.05, 0.1) is 11.8 Å². The summed E-state index contributed by atoms with van der Waals surface area (Å²) in [7, 11) is -1.69. The first kappa shape index (κ1) is 33.0. The molecule has 0 atom stereocenters. The average Bonchev–Trinajstić information content (AvgIpc) is 3.01. The largest absolute Gasteiger partial charge is 0.376 e. The second kappa shape index (κ2) is 17.4. The first-order valence-corrected chi connectivity index (χ1v) is 17.0. The Bertz CT molecular complexity index is 1230. The van der Waals surface area contributed by atoms with E-state index in [9.17, 15) is 0 Å². The third-order valence-corrected chi connectivity index (χ3v) is 11.4. The van der Waals surface area contributed by atoms with E-state index in [-0.39, 0.29) is 5.60 Å². The van der Waals surface area contributed by atoms with E-state index in [2.05, 4.69) is 150 Å². The Morgan fingerprint density at radius 1 is 0.452 bits per heavy atom. The van der Waals surface area contributed by atoms with Crippen molar-refractivity contribution in [2.75, 3.05) is 12.8 Å². The summed E-state index contributed by atoms with van der Waals surface area (Å²) in [6.07, 6.45) is 3.41. The van der Waals surface area contributed by atoms with Gasteiger partial charge >= 0.3 is 0 Å². The molecule has 0 bridgehead atoms. The Morgan fingerprint density at radius 2 is 0.762 bits per heavy atom. The van der Waals surface area contributed by atoms with E-state index in [0.29, 0.717) is 0 Å². The highest BCUT2D eigenvalue weighted by molar-refractivity contribution is 7.95. The van der Waals surface area contributed by atoms with E-state index in [4.69, 9.17) is 4.74 Å². The van der Waals surface area contributed by atoms with Gasteiger partial charge in [-0.2, -0.15) is 0 Å². The molecule has 0 fully saturated rings. The van der Waals surface area contributed by atoms with E-state index < -0.39 is 7.26 Å². The second-order valence-corrected chi connectivity index (χ2v) is 15.1. The summed E-state index contributed by atoms with van der Waals surface area (Å²) in [5, 5.41) is 4.39. The molecular formula is C40H48OP+. The van der Waals surface area contributed by atoms with Crippen LogP contribution in [0.25, 0.3) is 0 Å². The summed E-state index contributed by atoms with van der Waals surface area (Å²) in [4.78, 5) is 0. The van der Waals surface area contributed by atoms with Crippen molar-refractivity contribution in [1.82, 2.24) is 0 Å². The fraction of sp³-hybridized carbons (Fsp3) is 0.250. The first-order valence-electron chi connectivity index (χ1n) is 15.0. The van der Waals surface area contributed by atoms with Gasteiger partial charge in [-0.25, -0.2) is 0 Å². The second-order valence-electron chi connectivity index (χ2n) is 11.5. The summed E-state index contributed by atoms with van der Waals surface area (Å²) >= 11 is 0. The zero-order chi connectivity index (χ0) is 30.1. The lowest BCUT2D eigenvalue weighted by molar-refractivity contribution is -0.00408. The minimum absolute atomic E-state index is 0.0650. The molecule has 0 unspecified atom stereocenters. The van der Waals surface area contributed by atoms with E-state index >= 15 is 0 Å². The van der Waals surface area contributed by atoms with Crippen LogP contribution in [0.15, 0.2) is 152 Å². The molecule has 0 aliphatic heterocycles. The first-order chi connectivity index (χ1) is 20.3. The lowest BCUT2D eigenvalue weighted by Gasteiger charge is -2.28. The molecule has 1 nitrogen and oxygen atoms in total. The van der Waals surface area contributed by atoms with Gasteiger partial charge < -0.3 is 4.74 Å². The number of ether oxygens (including phenoxy) is 1. The van der Waals surface area contributed by atoms with Crippen molar-refractivity contribution in [2.24, 2.45) is 0 Å². The minimum atomic E-state index is -1.69. The standard InChI is InChI=1S/C26H32OP.2C7H8/c1-26(2,3)27-21-13-14-22-28(23-15-7-4-8-16-23,24-17-9-5-10-18-24)25-19-11-6-12-20-25;2*1-7-5-3-2-4-6-7/h4-12,15-20H,13-14,21-22H2,1-3H3;2*2-6H,1H3/q+1;;. The fourth-order valence-electron chi connectivity index (χ4n) is 4.78. The molecule has 0 aromatic heterocycles. The van der Waals surface area contributed by atoms with Crippen LogP contribution in [0.5, 0.6) is 0 Å². The van der Waals surface area contributed by atoms with Crippen LogP contribution in [0.3, 0.4) is 0 Å². The van der Waals surface area contributed by atoms with Gasteiger partial charge in [0.2, 0.25) is 0 Å². The zero-order valence-electron chi connectivity index (χ0n) is 26.1. The Kier molecular flexibility index (Phi) is 13.7. The van der Waals surface area contributed by atoms with E-state index in [0.717, 1.165) is 19.4 Å². The van der Waals surface area contributed by atoms with Gasteiger partial charge in [0.1, 0.15) is 23.2 Å². The summed E-state index contributed by atoms with van der Waals surface area (Å²) in [6, 6.07) is 53.9. The predicted molar refractivity (Wildman–Crippen MR) is 187 cm³/mol. The van der Waals surface area contributed by atoms with Crippen molar-refractivity contribution >= 4 is 23.2 Å². The van der Waals surface area contributed by atoms with E-state index in [1.54, 1.807) is 0 Å². The molecule has 0 saturated heterocycles. The number of rotatable bonds is 8. The Balaban J connectivity index is 0.000000280. The van der Waals surface area contributed by atoms with Gasteiger partial charge in [-0.05, 0) is 83.9 Å². The third kappa shape index (κ3) is 11.1. The highest BCUT2D eigenvalue weighted by Crippen LogP contribution is 2.55. The SMILES string of the molecule is CC(C)(C)OCCCC[P+](c1ccccc1)(c1ccccc1)c1ccccc1.Cc1ccccc1.Cc1ccccc1. The van der Waals surface area contributed by atoms with Crippen LogP contribution >= 0.6 is 7.26 Å². The average molecular weight is 576 g/mol. The predicted octanol–water partition coefficient (Wildman–Crippen LogP) is 9.57. The molecule has 5 aromatic carbocycles. The van der Waals surface area contributed by atoms with Crippen molar-refractivity contribution in [1.29, 1.82) is 0 Å². The normalized spacial score (nSPS) is 11.0. The van der Waals surface area contributed by atoms with Gasteiger partial charge in [-0.15, -0.1) is 0 Å². The number of hydrogen-bond acceptors (Lipinski definition) is 1. The maximum atomic E-state index is 5.97. The van der Waals surface area contributed by atoms with Crippen LogP contribution in [0.1, 0.15) is 44.7 Å². The molecule has 0 spiro atoms. The molecule has 5 aromatic rings. The zero-order valence-corrected chi connectivity index (χ0v) is 27.0. The van der Waals surface area contributed by atoms with Gasteiger partial charge in [0.15, 0.2) is 0 Å². The van der Waals surface area contributed by atoms with Crippen LogP contribution in [0.2, 0.25) is 0 Å². The number of aryl methyl sites for hydroxylation is 2. The number of unbranched alkanes of at least 4 members (excludes halogenated alkanes) is 1. The summed E-state index contributed by atoms with van der Waals surface area (Å²) in [5.41, 5.74) is 2.58. The molecule has 5 rings (SSSR count). The maximum absolute atomic E-state index is 5.97. The van der Waals surface area contributed by atoms with Crippen molar-refractivity contribution in [3.63, 3.8) is 0 Å². The third-order valence-electron chi connectivity index (χ3n) is 6.89. The minimum Gasteiger partial charge on any atom is -0.376 e. The monoisotopic (exact) mass is 575 g/mol. The van der Waals surface area contributed by atoms with Gasteiger partial charge in [0, 0.05) is 6.61 Å². The lowest BCUT2D eigenvalue weighted by atomic mass is 10.2. The summed E-state index contributed by atoms with van der Waals surface area (Å²) < 4.78 is 5.97. The summed E-state index contributed by atoms with van der Waals surface area (Å²) in [6.45, 7) is 11.4. The number of benzene rings is 5. The van der Waals surface area contributed by atoms with E-state index in [1.807, 2.05) is 36.4 Å². The summed E-state index contributed by atoms with van der Waals surface area (Å²) in [5.74, 6) is 0. The van der Waals surface area contributed by atoms with Crippen LogP contribution < -0.4 is 15.9 Å². The molecule has 0 radical (unpaired) electrons. The quantitative estimate of drug-likeness (QED) is 0.132. The smallest absolute Gasteiger partial charge is 0.112 e. The molecule has 0 amide bonds. The van der Waals surface area contributed by atoms with Crippen molar-refractivity contribution in [3.05, 3.63) is 163 Å². The topological polar surface area (TPSA) is 9.23 Å². The lowest BCUT2D eigenvalue weighted by Crippen LogP contribution is -2.33. The number of hydrogen-bond donors (Lipinski definition) is 0. The highest BCUT2D eigenvalue weighted by atomic mass is 31.2. The Morgan fingerprint density at radius 3 is 1.02 bits per heavy atom. The van der Waals surface area contributed by atoms with Crippen molar-refractivity contribution < 1.29 is 4.74 Å². The molecule has 2 heteroatoms. The van der Waals surface area contributed by atoms with E-state index in [1.165, 1.54) is 33.2 Å². The van der Waals surface area contributed by atoms with Crippen LogP contribution in [0.4, 0.5) is 0 Å². The van der Waals surface area contributed by atoms with Crippen LogP contribution in [-0.4, -0.2) is 18.4 Å². The highest BCUT2D eigenvalue weighted by Gasteiger charge is 2.44. The maximum Gasteiger partial charge on any atom is 0.112 e. The molecule has 0 heterocycles. The molecule has 218 valence electrons. The van der Waals surface area contributed by atoms with Crippen LogP contribution in [0, 0.1) is 13.8 Å². The van der Waals surface area contributed by atoms with Gasteiger partial charge in [0.25, 0.3) is 0 Å². The van der Waals surface area contributed by atoms with Crippen LogP contribution in [-0.2, 0) is 4.74 Å².